The fraction of sp³-hybridized carbons (Fsp3) is 0.583. The molecule has 17 heavy (non-hydrogen) atoms. The molecule has 0 bridgehead atoms. The number of carbonyl (C=O) groups is 1. The van der Waals surface area contributed by atoms with Crippen LogP contribution >= 0.6 is 11.6 Å². The summed E-state index contributed by atoms with van der Waals surface area (Å²) in [4.78, 5) is 12.0. The molecule has 1 amide bonds. The molecule has 1 aliphatic rings. The van der Waals surface area contributed by atoms with Crippen molar-refractivity contribution < 1.29 is 4.79 Å². The lowest BCUT2D eigenvalue weighted by Gasteiger charge is -2.29. The lowest BCUT2D eigenvalue weighted by atomic mass is 9.91. The summed E-state index contributed by atoms with van der Waals surface area (Å²) in [5.74, 6) is -0.0956. The van der Waals surface area contributed by atoms with Gasteiger partial charge in [0.1, 0.15) is 5.69 Å². The molecular weight excluding hydrogens is 238 g/mol. The number of aromatic nitrogens is 1. The number of hydrogen-bond acceptors (Lipinski definition) is 2. The van der Waals surface area contributed by atoms with E-state index in [-0.39, 0.29) is 18.0 Å². The third kappa shape index (κ3) is 2.82. The minimum absolute atomic E-state index is 0.0726. The molecule has 2 atom stereocenters. The van der Waals surface area contributed by atoms with Crippen LogP contribution in [0, 0.1) is 0 Å². The van der Waals surface area contributed by atoms with Crippen molar-refractivity contribution in [1.82, 2.24) is 9.88 Å². The maximum atomic E-state index is 12.0. The number of amides is 1. The molecular formula is C12H18ClN3O. The first-order valence-corrected chi connectivity index (χ1v) is 6.34. The molecule has 1 heterocycles. The fourth-order valence-corrected chi connectivity index (χ4v) is 2.58. The highest BCUT2D eigenvalue weighted by atomic mass is 35.5. The molecule has 1 aliphatic carbocycles. The summed E-state index contributed by atoms with van der Waals surface area (Å²) in [7, 11) is 1.81. The SMILES string of the molecule is Cn1cc(Cl)cc1C(=O)N[C@@H]1CCCC[C@H]1N. The number of carbonyl (C=O) groups excluding carboxylic acids is 1. The molecule has 0 unspecified atom stereocenters. The van der Waals surface area contributed by atoms with Gasteiger partial charge in [-0.2, -0.15) is 0 Å². The molecule has 0 saturated heterocycles. The Balaban J connectivity index is 2.03. The summed E-state index contributed by atoms with van der Waals surface area (Å²) in [6, 6.07) is 1.83. The third-order valence-corrected chi connectivity index (χ3v) is 3.55. The van der Waals surface area contributed by atoms with Crippen LogP contribution < -0.4 is 11.1 Å². The predicted octanol–water partition coefficient (Wildman–Crippen LogP) is 1.68. The van der Waals surface area contributed by atoms with Crippen LogP contribution in [0.5, 0.6) is 0 Å². The van der Waals surface area contributed by atoms with Crippen molar-refractivity contribution in [2.24, 2.45) is 12.8 Å². The van der Waals surface area contributed by atoms with Crippen LogP contribution in [0.4, 0.5) is 0 Å². The topological polar surface area (TPSA) is 60.0 Å². The minimum atomic E-state index is -0.0956. The van der Waals surface area contributed by atoms with E-state index in [0.717, 1.165) is 25.7 Å². The Hall–Kier alpha value is -1.00. The lowest BCUT2D eigenvalue weighted by molar-refractivity contribution is 0.0913. The maximum absolute atomic E-state index is 12.0. The van der Waals surface area contributed by atoms with Gasteiger partial charge in [0, 0.05) is 25.3 Å². The largest absolute Gasteiger partial charge is 0.346 e. The van der Waals surface area contributed by atoms with Gasteiger partial charge in [0.15, 0.2) is 0 Å². The molecule has 5 heteroatoms. The summed E-state index contributed by atoms with van der Waals surface area (Å²) in [5.41, 5.74) is 6.58. The summed E-state index contributed by atoms with van der Waals surface area (Å²) < 4.78 is 1.73. The summed E-state index contributed by atoms with van der Waals surface area (Å²) in [6.45, 7) is 0. The van der Waals surface area contributed by atoms with Crippen molar-refractivity contribution in [3.63, 3.8) is 0 Å². The van der Waals surface area contributed by atoms with E-state index in [1.165, 1.54) is 0 Å². The summed E-state index contributed by atoms with van der Waals surface area (Å²) in [6.07, 6.45) is 5.96. The minimum Gasteiger partial charge on any atom is -0.346 e. The van der Waals surface area contributed by atoms with E-state index in [1.807, 2.05) is 7.05 Å². The Kier molecular flexibility index (Phi) is 3.74. The Bertz CT molecular complexity index is 416. The number of nitrogens with zero attached hydrogens (tertiary/aromatic N) is 1. The Morgan fingerprint density at radius 2 is 2.24 bits per heavy atom. The molecule has 1 saturated carbocycles. The van der Waals surface area contributed by atoms with Gasteiger partial charge in [-0.3, -0.25) is 4.79 Å². The van der Waals surface area contributed by atoms with Crippen molar-refractivity contribution in [3.05, 3.63) is 23.0 Å². The molecule has 1 aromatic rings. The van der Waals surface area contributed by atoms with Crippen LogP contribution in [-0.2, 0) is 7.05 Å². The molecule has 1 aromatic heterocycles. The number of aryl methyl sites for hydroxylation is 1. The molecule has 0 aromatic carbocycles. The van der Waals surface area contributed by atoms with Gasteiger partial charge in [-0.1, -0.05) is 24.4 Å². The highest BCUT2D eigenvalue weighted by Crippen LogP contribution is 2.18. The molecule has 4 nitrogen and oxygen atoms in total. The average Bonchev–Trinajstić information content (AvgIpc) is 2.61. The smallest absolute Gasteiger partial charge is 0.268 e. The number of rotatable bonds is 2. The second kappa shape index (κ2) is 5.10. The zero-order chi connectivity index (χ0) is 12.4. The van der Waals surface area contributed by atoms with E-state index in [1.54, 1.807) is 16.8 Å². The van der Waals surface area contributed by atoms with E-state index in [9.17, 15) is 4.79 Å². The Morgan fingerprint density at radius 3 is 2.82 bits per heavy atom. The van der Waals surface area contributed by atoms with E-state index in [2.05, 4.69) is 5.32 Å². The van der Waals surface area contributed by atoms with E-state index in [4.69, 9.17) is 17.3 Å². The van der Waals surface area contributed by atoms with E-state index >= 15 is 0 Å². The maximum Gasteiger partial charge on any atom is 0.268 e. The van der Waals surface area contributed by atoms with Gasteiger partial charge in [-0.15, -0.1) is 0 Å². The van der Waals surface area contributed by atoms with E-state index in [0.29, 0.717) is 10.7 Å². The molecule has 0 aliphatic heterocycles. The van der Waals surface area contributed by atoms with Gasteiger partial charge < -0.3 is 15.6 Å². The lowest BCUT2D eigenvalue weighted by Crippen LogP contribution is -2.49. The number of halogens is 1. The second-order valence-corrected chi connectivity index (χ2v) is 5.12. The van der Waals surface area contributed by atoms with Crippen LogP contribution in [0.2, 0.25) is 5.02 Å². The van der Waals surface area contributed by atoms with Gasteiger partial charge in [0.05, 0.1) is 5.02 Å². The molecule has 3 N–H and O–H groups in total. The third-order valence-electron chi connectivity index (χ3n) is 3.34. The van der Waals surface area contributed by atoms with Gasteiger partial charge >= 0.3 is 0 Å². The van der Waals surface area contributed by atoms with Crippen molar-refractivity contribution >= 4 is 17.5 Å². The molecule has 2 rings (SSSR count). The van der Waals surface area contributed by atoms with Crippen LogP contribution in [0.15, 0.2) is 12.3 Å². The fourth-order valence-electron chi connectivity index (χ4n) is 2.33. The molecule has 0 radical (unpaired) electrons. The van der Waals surface area contributed by atoms with E-state index < -0.39 is 0 Å². The normalized spacial score (nSPS) is 24.6. The van der Waals surface area contributed by atoms with Crippen LogP contribution in [0.1, 0.15) is 36.2 Å². The van der Waals surface area contributed by atoms with Crippen molar-refractivity contribution in [2.45, 2.75) is 37.8 Å². The predicted molar refractivity (Wildman–Crippen MR) is 68.1 cm³/mol. The van der Waals surface area contributed by atoms with Crippen molar-refractivity contribution in [3.8, 4) is 0 Å². The zero-order valence-electron chi connectivity index (χ0n) is 9.95. The second-order valence-electron chi connectivity index (χ2n) is 4.68. The molecule has 1 fully saturated rings. The molecule has 0 spiro atoms. The van der Waals surface area contributed by atoms with Gasteiger partial charge in [0.25, 0.3) is 5.91 Å². The molecule has 94 valence electrons. The first-order chi connectivity index (χ1) is 8.08. The Morgan fingerprint density at radius 1 is 1.53 bits per heavy atom. The number of nitrogens with two attached hydrogens (primary N) is 1. The first-order valence-electron chi connectivity index (χ1n) is 5.96. The Labute approximate surface area is 106 Å². The monoisotopic (exact) mass is 255 g/mol. The number of hydrogen-bond donors (Lipinski definition) is 2. The zero-order valence-corrected chi connectivity index (χ0v) is 10.7. The quantitative estimate of drug-likeness (QED) is 0.845. The van der Waals surface area contributed by atoms with Crippen molar-refractivity contribution in [2.75, 3.05) is 0 Å². The van der Waals surface area contributed by atoms with Crippen molar-refractivity contribution in [1.29, 1.82) is 0 Å². The number of nitrogens with one attached hydrogen (secondary N) is 1. The van der Waals surface area contributed by atoms with Gasteiger partial charge in [0.2, 0.25) is 0 Å². The summed E-state index contributed by atoms with van der Waals surface area (Å²) >= 11 is 5.86. The van der Waals surface area contributed by atoms with Crippen LogP contribution in [0.25, 0.3) is 0 Å². The van der Waals surface area contributed by atoms with Crippen LogP contribution in [0.3, 0.4) is 0 Å². The van der Waals surface area contributed by atoms with Gasteiger partial charge in [-0.25, -0.2) is 0 Å². The van der Waals surface area contributed by atoms with Crippen LogP contribution in [-0.4, -0.2) is 22.6 Å². The highest BCUT2D eigenvalue weighted by molar-refractivity contribution is 6.31. The standard InChI is InChI=1S/C12H18ClN3O/c1-16-7-8(13)6-11(16)12(17)15-10-5-3-2-4-9(10)14/h6-7,9-10H,2-5,14H2,1H3,(H,15,17)/t9-,10-/m1/s1. The average molecular weight is 256 g/mol. The first kappa shape index (κ1) is 12.5. The summed E-state index contributed by atoms with van der Waals surface area (Å²) in [5, 5.41) is 3.57. The highest BCUT2D eigenvalue weighted by Gasteiger charge is 2.24. The van der Waals surface area contributed by atoms with Gasteiger partial charge in [-0.05, 0) is 18.9 Å².